The molecule has 6 nitrogen and oxygen atoms in total. The third-order valence-corrected chi connectivity index (χ3v) is 6.87. The predicted molar refractivity (Wildman–Crippen MR) is 126 cm³/mol. The maximum absolute atomic E-state index is 12.6. The van der Waals surface area contributed by atoms with Crippen LogP contribution in [0.4, 0.5) is 5.82 Å². The van der Waals surface area contributed by atoms with Gasteiger partial charge in [-0.15, -0.1) is 11.3 Å². The Kier molecular flexibility index (Phi) is 7.35. The van der Waals surface area contributed by atoms with Gasteiger partial charge in [-0.1, -0.05) is 25.1 Å². The SMILES string of the molecule is CCc1cc2c(N3CCN(C(=O)CCCCCOc4ccccc4)CC3)ncnc2s1. The van der Waals surface area contributed by atoms with Crippen LogP contribution in [0.1, 0.15) is 37.5 Å². The van der Waals surface area contributed by atoms with E-state index >= 15 is 0 Å². The van der Waals surface area contributed by atoms with Crippen LogP contribution in [0.3, 0.4) is 0 Å². The van der Waals surface area contributed by atoms with Crippen molar-refractivity contribution in [1.82, 2.24) is 14.9 Å². The Labute approximate surface area is 187 Å². The van der Waals surface area contributed by atoms with Crippen molar-refractivity contribution in [1.29, 1.82) is 0 Å². The average Bonchev–Trinajstić information content (AvgIpc) is 3.25. The zero-order valence-electron chi connectivity index (χ0n) is 18.1. The van der Waals surface area contributed by atoms with E-state index < -0.39 is 0 Å². The van der Waals surface area contributed by atoms with E-state index in [1.54, 1.807) is 17.7 Å². The number of unbranched alkanes of at least 4 members (excludes halogenated alkanes) is 2. The van der Waals surface area contributed by atoms with E-state index in [1.165, 1.54) is 4.88 Å². The summed E-state index contributed by atoms with van der Waals surface area (Å²) in [4.78, 5) is 28.3. The van der Waals surface area contributed by atoms with Crippen molar-refractivity contribution >= 4 is 33.3 Å². The van der Waals surface area contributed by atoms with Crippen molar-refractivity contribution in [3.05, 3.63) is 47.6 Å². The highest BCUT2D eigenvalue weighted by atomic mass is 32.1. The van der Waals surface area contributed by atoms with E-state index in [-0.39, 0.29) is 5.91 Å². The lowest BCUT2D eigenvalue weighted by atomic mass is 10.1. The summed E-state index contributed by atoms with van der Waals surface area (Å²) in [6.45, 7) is 6.02. The van der Waals surface area contributed by atoms with E-state index in [9.17, 15) is 4.79 Å². The summed E-state index contributed by atoms with van der Waals surface area (Å²) in [6.07, 6.45) is 6.19. The number of amides is 1. The first-order valence-electron chi connectivity index (χ1n) is 11.2. The fourth-order valence-corrected chi connectivity index (χ4v) is 4.84. The molecule has 164 valence electrons. The monoisotopic (exact) mass is 438 g/mol. The zero-order chi connectivity index (χ0) is 21.5. The van der Waals surface area contributed by atoms with E-state index in [4.69, 9.17) is 4.74 Å². The molecule has 31 heavy (non-hydrogen) atoms. The van der Waals surface area contributed by atoms with Gasteiger partial charge in [0.1, 0.15) is 22.7 Å². The summed E-state index contributed by atoms with van der Waals surface area (Å²) >= 11 is 1.74. The first-order valence-corrected chi connectivity index (χ1v) is 12.0. The van der Waals surface area contributed by atoms with Crippen LogP contribution in [0.15, 0.2) is 42.7 Å². The minimum Gasteiger partial charge on any atom is -0.494 e. The average molecular weight is 439 g/mol. The summed E-state index contributed by atoms with van der Waals surface area (Å²) in [5.41, 5.74) is 0. The summed E-state index contributed by atoms with van der Waals surface area (Å²) in [5, 5.41) is 1.14. The lowest BCUT2D eigenvalue weighted by molar-refractivity contribution is -0.131. The van der Waals surface area contributed by atoms with Crippen LogP contribution in [0.5, 0.6) is 5.75 Å². The topological polar surface area (TPSA) is 58.6 Å². The lowest BCUT2D eigenvalue weighted by Gasteiger charge is -2.35. The summed E-state index contributed by atoms with van der Waals surface area (Å²) in [5.74, 6) is 2.18. The second-order valence-corrected chi connectivity index (χ2v) is 8.94. The molecule has 1 amide bonds. The number of carbonyl (C=O) groups excluding carboxylic acids is 1. The molecule has 0 atom stereocenters. The largest absolute Gasteiger partial charge is 0.494 e. The number of aromatic nitrogens is 2. The maximum atomic E-state index is 12.6. The number of anilines is 1. The molecule has 7 heteroatoms. The predicted octanol–water partition coefficient (Wildman–Crippen LogP) is 4.54. The molecule has 1 fully saturated rings. The molecule has 0 spiro atoms. The molecular formula is C24H30N4O2S. The number of nitrogens with zero attached hydrogens (tertiary/aromatic N) is 4. The number of thiophene rings is 1. The molecule has 0 unspecified atom stereocenters. The molecule has 0 aliphatic carbocycles. The van der Waals surface area contributed by atoms with Crippen molar-refractivity contribution < 1.29 is 9.53 Å². The van der Waals surface area contributed by atoms with Crippen molar-refractivity contribution in [3.63, 3.8) is 0 Å². The first kappa shape index (κ1) is 21.6. The highest BCUT2D eigenvalue weighted by Crippen LogP contribution is 2.31. The van der Waals surface area contributed by atoms with Crippen LogP contribution in [-0.2, 0) is 11.2 Å². The standard InChI is InChI=1S/C24H30N4O2S/c1-2-20-17-21-23(25-18-26-24(21)31-20)28-14-12-27(13-15-28)22(29)11-7-4-8-16-30-19-9-5-3-6-10-19/h3,5-6,9-10,17-18H,2,4,7-8,11-16H2,1H3. The second kappa shape index (κ2) is 10.6. The Morgan fingerprint density at radius 1 is 1.06 bits per heavy atom. The molecule has 0 radical (unpaired) electrons. The molecule has 0 N–H and O–H groups in total. The van der Waals surface area contributed by atoms with Crippen molar-refractivity contribution in [3.8, 4) is 5.75 Å². The number of ether oxygens (including phenoxy) is 1. The Hall–Kier alpha value is -2.67. The van der Waals surface area contributed by atoms with Crippen LogP contribution < -0.4 is 9.64 Å². The second-order valence-electron chi connectivity index (χ2n) is 7.82. The molecule has 1 saturated heterocycles. The first-order chi connectivity index (χ1) is 15.2. The van der Waals surface area contributed by atoms with Crippen molar-refractivity contribution in [2.24, 2.45) is 0 Å². The maximum Gasteiger partial charge on any atom is 0.222 e. The van der Waals surface area contributed by atoms with Gasteiger partial charge in [-0.25, -0.2) is 9.97 Å². The number of benzene rings is 1. The number of carbonyl (C=O) groups is 1. The smallest absolute Gasteiger partial charge is 0.222 e. The molecule has 2 aromatic heterocycles. The van der Waals surface area contributed by atoms with Crippen LogP contribution in [-0.4, -0.2) is 53.6 Å². The molecule has 3 aromatic rings. The molecule has 3 heterocycles. The van der Waals surface area contributed by atoms with Crippen LogP contribution in [0.25, 0.3) is 10.2 Å². The van der Waals surface area contributed by atoms with Gasteiger partial charge < -0.3 is 14.5 Å². The highest BCUT2D eigenvalue weighted by Gasteiger charge is 2.23. The van der Waals surface area contributed by atoms with Crippen LogP contribution in [0, 0.1) is 0 Å². The lowest BCUT2D eigenvalue weighted by Crippen LogP contribution is -2.49. The number of rotatable bonds is 9. The van der Waals surface area contributed by atoms with Gasteiger partial charge in [-0.3, -0.25) is 4.79 Å². The summed E-state index contributed by atoms with van der Waals surface area (Å²) in [6, 6.07) is 12.1. The number of hydrogen-bond acceptors (Lipinski definition) is 6. The van der Waals surface area contributed by atoms with Crippen molar-refractivity contribution in [2.75, 3.05) is 37.7 Å². The Morgan fingerprint density at radius 2 is 1.87 bits per heavy atom. The Morgan fingerprint density at radius 3 is 2.65 bits per heavy atom. The minimum absolute atomic E-state index is 0.264. The van der Waals surface area contributed by atoms with Gasteiger partial charge in [0.05, 0.1) is 12.0 Å². The van der Waals surface area contributed by atoms with E-state index in [1.807, 2.05) is 35.2 Å². The van der Waals surface area contributed by atoms with Crippen molar-refractivity contribution in [2.45, 2.75) is 39.0 Å². The zero-order valence-corrected chi connectivity index (χ0v) is 18.9. The fourth-order valence-electron chi connectivity index (χ4n) is 3.91. The molecular weight excluding hydrogens is 408 g/mol. The van der Waals surface area contributed by atoms with Gasteiger partial charge in [-0.05, 0) is 43.9 Å². The summed E-state index contributed by atoms with van der Waals surface area (Å²) < 4.78 is 5.71. The number of fused-ring (bicyclic) bond motifs is 1. The number of piperazine rings is 1. The Bertz CT molecular complexity index is 984. The molecule has 4 rings (SSSR count). The van der Waals surface area contributed by atoms with Gasteiger partial charge in [0.2, 0.25) is 5.91 Å². The molecule has 1 aliphatic rings. The number of hydrogen-bond donors (Lipinski definition) is 0. The highest BCUT2D eigenvalue weighted by molar-refractivity contribution is 7.18. The van der Waals surface area contributed by atoms with Crippen LogP contribution in [0.2, 0.25) is 0 Å². The number of aryl methyl sites for hydroxylation is 1. The number of para-hydroxylation sites is 1. The van der Waals surface area contributed by atoms with Gasteiger partial charge in [0.15, 0.2) is 0 Å². The van der Waals surface area contributed by atoms with E-state index in [0.29, 0.717) is 13.0 Å². The molecule has 1 aliphatic heterocycles. The Balaban J connectivity index is 1.18. The molecule has 1 aromatic carbocycles. The molecule has 0 saturated carbocycles. The molecule has 0 bridgehead atoms. The fraction of sp³-hybridized carbons (Fsp3) is 0.458. The minimum atomic E-state index is 0.264. The third kappa shape index (κ3) is 5.53. The van der Waals surface area contributed by atoms with E-state index in [0.717, 1.165) is 73.6 Å². The quantitative estimate of drug-likeness (QED) is 0.459. The third-order valence-electron chi connectivity index (χ3n) is 5.69. The van der Waals surface area contributed by atoms with Gasteiger partial charge in [0.25, 0.3) is 0 Å². The van der Waals surface area contributed by atoms with Gasteiger partial charge in [0, 0.05) is 37.5 Å². The van der Waals surface area contributed by atoms with Gasteiger partial charge >= 0.3 is 0 Å². The van der Waals surface area contributed by atoms with E-state index in [2.05, 4.69) is 27.9 Å². The normalized spacial score (nSPS) is 14.2. The van der Waals surface area contributed by atoms with Crippen LogP contribution >= 0.6 is 11.3 Å². The van der Waals surface area contributed by atoms with Gasteiger partial charge in [-0.2, -0.15) is 0 Å². The summed E-state index contributed by atoms with van der Waals surface area (Å²) in [7, 11) is 0.